The highest BCUT2D eigenvalue weighted by Gasteiger charge is 2.27. The second-order valence-electron chi connectivity index (χ2n) is 5.63. The first-order valence-corrected chi connectivity index (χ1v) is 8.49. The summed E-state index contributed by atoms with van der Waals surface area (Å²) in [5.74, 6) is -0.161. The number of esters is 1. The summed E-state index contributed by atoms with van der Waals surface area (Å²) < 4.78 is 4.81. The molecule has 0 aromatic carbocycles. The van der Waals surface area contributed by atoms with E-state index in [4.69, 9.17) is 4.74 Å². The number of aryl methyl sites for hydroxylation is 1. The fraction of sp³-hybridized carbons (Fsp3) is 0.438. The second kappa shape index (κ2) is 6.16. The fourth-order valence-corrected chi connectivity index (χ4v) is 3.39. The molecule has 1 aliphatic carbocycles. The van der Waals surface area contributed by atoms with Gasteiger partial charge in [-0.1, -0.05) is 6.92 Å². The third-order valence-electron chi connectivity index (χ3n) is 4.04. The number of aromatic amines is 1. The van der Waals surface area contributed by atoms with E-state index in [1.165, 1.54) is 31.3 Å². The summed E-state index contributed by atoms with van der Waals surface area (Å²) in [5, 5.41) is 5.39. The Hall–Kier alpha value is -2.15. The van der Waals surface area contributed by atoms with Crippen molar-refractivity contribution in [2.24, 2.45) is 0 Å². The predicted molar refractivity (Wildman–Crippen MR) is 88.3 cm³/mol. The Bertz CT molecular complexity index is 759. The summed E-state index contributed by atoms with van der Waals surface area (Å²) in [4.78, 5) is 31.9. The lowest BCUT2D eigenvalue weighted by Crippen LogP contribution is -2.14. The smallest absolute Gasteiger partial charge is 0.339 e. The summed E-state index contributed by atoms with van der Waals surface area (Å²) in [5.41, 5.74) is 3.18. The molecule has 0 radical (unpaired) electrons. The molecule has 0 atom stereocenters. The van der Waals surface area contributed by atoms with Gasteiger partial charge in [-0.2, -0.15) is 0 Å². The summed E-state index contributed by atoms with van der Waals surface area (Å²) in [7, 11) is 1.34. The molecule has 122 valence electrons. The Morgan fingerprint density at radius 1 is 1.48 bits per heavy atom. The molecule has 0 aliphatic heterocycles. The molecule has 2 heterocycles. The Balaban J connectivity index is 1.83. The Kier molecular flexibility index (Phi) is 4.21. The topological polar surface area (TPSA) is 84.1 Å². The van der Waals surface area contributed by atoms with Gasteiger partial charge in [-0.15, -0.1) is 11.3 Å². The first kappa shape index (κ1) is 15.7. The molecule has 0 unspecified atom stereocenters. The van der Waals surface area contributed by atoms with Crippen molar-refractivity contribution in [2.75, 3.05) is 12.4 Å². The van der Waals surface area contributed by atoms with Crippen molar-refractivity contribution in [3.63, 3.8) is 0 Å². The van der Waals surface area contributed by atoms with E-state index < -0.39 is 5.97 Å². The molecule has 0 spiro atoms. The summed E-state index contributed by atoms with van der Waals surface area (Å²) in [6.07, 6.45) is 2.96. The maximum absolute atomic E-state index is 12.5. The standard InChI is InChI=1S/C16H19N3O3S/c1-4-10-12(15(21)22-3)8(2)13(17-10)14(20)19-16-18-11(7-23-16)9-5-6-9/h7,9,17H,4-6H2,1-3H3,(H,18,19,20). The van der Waals surface area contributed by atoms with Gasteiger partial charge in [0.05, 0.1) is 18.4 Å². The van der Waals surface area contributed by atoms with Crippen molar-refractivity contribution in [2.45, 2.75) is 39.0 Å². The third-order valence-corrected chi connectivity index (χ3v) is 4.81. The molecule has 6 nitrogen and oxygen atoms in total. The van der Waals surface area contributed by atoms with E-state index in [0.29, 0.717) is 40.0 Å². The quantitative estimate of drug-likeness (QED) is 0.823. The maximum atomic E-state index is 12.5. The molecule has 2 aromatic rings. The van der Waals surface area contributed by atoms with Gasteiger partial charge in [0.2, 0.25) is 0 Å². The lowest BCUT2D eigenvalue weighted by Gasteiger charge is -2.02. The number of thiazole rings is 1. The van der Waals surface area contributed by atoms with Gasteiger partial charge in [0.15, 0.2) is 5.13 Å². The van der Waals surface area contributed by atoms with E-state index in [1.54, 1.807) is 6.92 Å². The van der Waals surface area contributed by atoms with Crippen LogP contribution in [0.25, 0.3) is 0 Å². The number of H-pyrrole nitrogens is 1. The first-order valence-electron chi connectivity index (χ1n) is 7.61. The minimum Gasteiger partial charge on any atom is -0.465 e. The number of hydrogen-bond acceptors (Lipinski definition) is 5. The molecule has 1 amide bonds. The Morgan fingerprint density at radius 3 is 2.83 bits per heavy atom. The number of nitrogens with zero attached hydrogens (tertiary/aromatic N) is 1. The van der Waals surface area contributed by atoms with Crippen molar-refractivity contribution < 1.29 is 14.3 Å². The van der Waals surface area contributed by atoms with E-state index in [1.807, 2.05) is 12.3 Å². The lowest BCUT2D eigenvalue weighted by molar-refractivity contribution is 0.0599. The van der Waals surface area contributed by atoms with Crippen LogP contribution in [-0.2, 0) is 11.2 Å². The van der Waals surface area contributed by atoms with Gasteiger partial charge >= 0.3 is 5.97 Å². The molecule has 7 heteroatoms. The summed E-state index contributed by atoms with van der Waals surface area (Å²) >= 11 is 1.43. The largest absolute Gasteiger partial charge is 0.465 e. The van der Waals surface area contributed by atoms with E-state index in [-0.39, 0.29) is 5.91 Å². The van der Waals surface area contributed by atoms with Crippen LogP contribution in [0.15, 0.2) is 5.38 Å². The number of anilines is 1. The number of ether oxygens (including phenoxy) is 1. The molecular formula is C16H19N3O3S. The zero-order chi connectivity index (χ0) is 16.6. The van der Waals surface area contributed by atoms with Crippen LogP contribution in [0.2, 0.25) is 0 Å². The number of methoxy groups -OCH3 is 1. The summed E-state index contributed by atoms with van der Waals surface area (Å²) in [6.45, 7) is 3.66. The number of amides is 1. The van der Waals surface area contributed by atoms with E-state index >= 15 is 0 Å². The number of carbonyl (C=O) groups is 2. The normalized spacial score (nSPS) is 13.9. The minimum atomic E-state index is -0.431. The molecule has 2 aromatic heterocycles. The highest BCUT2D eigenvalue weighted by Crippen LogP contribution is 2.40. The summed E-state index contributed by atoms with van der Waals surface area (Å²) in [6, 6.07) is 0. The van der Waals surface area contributed by atoms with Gasteiger partial charge in [-0.25, -0.2) is 9.78 Å². The van der Waals surface area contributed by atoms with Crippen molar-refractivity contribution in [1.82, 2.24) is 9.97 Å². The minimum absolute atomic E-state index is 0.288. The number of hydrogen-bond donors (Lipinski definition) is 2. The van der Waals surface area contributed by atoms with Crippen molar-refractivity contribution in [1.29, 1.82) is 0 Å². The van der Waals surface area contributed by atoms with Crippen molar-refractivity contribution >= 4 is 28.3 Å². The molecule has 3 rings (SSSR count). The Morgan fingerprint density at radius 2 is 2.22 bits per heavy atom. The molecule has 0 bridgehead atoms. The van der Waals surface area contributed by atoms with E-state index in [0.717, 1.165) is 5.69 Å². The van der Waals surface area contributed by atoms with Crippen LogP contribution in [0.4, 0.5) is 5.13 Å². The molecule has 2 N–H and O–H groups in total. The van der Waals surface area contributed by atoms with Crippen LogP contribution in [0.1, 0.15) is 63.5 Å². The average molecular weight is 333 g/mol. The zero-order valence-electron chi connectivity index (χ0n) is 13.4. The van der Waals surface area contributed by atoms with Crippen molar-refractivity contribution in [3.05, 3.63) is 33.6 Å². The molecule has 23 heavy (non-hydrogen) atoms. The number of carbonyl (C=O) groups excluding carboxylic acids is 2. The predicted octanol–water partition coefficient (Wildman–Crippen LogP) is 3.26. The fourth-order valence-electron chi connectivity index (χ4n) is 2.60. The van der Waals surface area contributed by atoms with Crippen LogP contribution in [0, 0.1) is 6.92 Å². The molecule has 1 saturated carbocycles. The molecular weight excluding hydrogens is 314 g/mol. The highest BCUT2D eigenvalue weighted by molar-refractivity contribution is 7.14. The van der Waals surface area contributed by atoms with Gasteiger partial charge in [0.1, 0.15) is 5.69 Å². The molecule has 1 fully saturated rings. The van der Waals surface area contributed by atoms with Crippen LogP contribution in [0.5, 0.6) is 0 Å². The monoisotopic (exact) mass is 333 g/mol. The lowest BCUT2D eigenvalue weighted by atomic mass is 10.1. The van der Waals surface area contributed by atoms with Gasteiger partial charge in [-0.3, -0.25) is 10.1 Å². The third kappa shape index (κ3) is 3.01. The van der Waals surface area contributed by atoms with Crippen LogP contribution >= 0.6 is 11.3 Å². The average Bonchev–Trinajstić information content (AvgIpc) is 3.20. The van der Waals surface area contributed by atoms with Crippen LogP contribution < -0.4 is 5.32 Å². The Labute approximate surface area is 138 Å². The molecule has 0 saturated heterocycles. The van der Waals surface area contributed by atoms with E-state index in [9.17, 15) is 9.59 Å². The van der Waals surface area contributed by atoms with Gasteiger partial charge < -0.3 is 9.72 Å². The van der Waals surface area contributed by atoms with Crippen LogP contribution in [-0.4, -0.2) is 29.0 Å². The van der Waals surface area contributed by atoms with Gasteiger partial charge in [0.25, 0.3) is 5.91 Å². The zero-order valence-corrected chi connectivity index (χ0v) is 14.2. The highest BCUT2D eigenvalue weighted by atomic mass is 32.1. The maximum Gasteiger partial charge on any atom is 0.339 e. The number of rotatable bonds is 5. The second-order valence-corrected chi connectivity index (χ2v) is 6.49. The van der Waals surface area contributed by atoms with Gasteiger partial charge in [0, 0.05) is 17.0 Å². The van der Waals surface area contributed by atoms with Gasteiger partial charge in [-0.05, 0) is 31.7 Å². The molecule has 1 aliphatic rings. The van der Waals surface area contributed by atoms with Crippen molar-refractivity contribution in [3.8, 4) is 0 Å². The first-order chi connectivity index (χ1) is 11.0. The van der Waals surface area contributed by atoms with Crippen LogP contribution in [0.3, 0.4) is 0 Å². The number of aromatic nitrogens is 2. The van der Waals surface area contributed by atoms with E-state index in [2.05, 4.69) is 15.3 Å². The number of nitrogens with one attached hydrogen (secondary N) is 2. The SMILES string of the molecule is CCc1[nH]c(C(=O)Nc2nc(C3CC3)cs2)c(C)c1C(=O)OC.